The third kappa shape index (κ3) is 7.01. The number of ether oxygens (including phenoxy) is 1. The van der Waals surface area contributed by atoms with E-state index >= 15 is 0 Å². The number of nitrogens with zero attached hydrogens (tertiary/aromatic N) is 1. The number of anilines is 1. The van der Waals surface area contributed by atoms with Gasteiger partial charge in [-0.3, -0.25) is 4.79 Å². The SMILES string of the molecule is CCCCNc1ccc(C(=O)N/N=C/c2ccccc2OC(F)(F)F)cc1. The Kier molecular flexibility index (Phi) is 7.22. The second-order valence-corrected chi connectivity index (χ2v) is 5.64. The van der Waals surface area contributed by atoms with Gasteiger partial charge in [-0.25, -0.2) is 5.43 Å². The van der Waals surface area contributed by atoms with Crippen LogP contribution in [0.25, 0.3) is 0 Å². The van der Waals surface area contributed by atoms with E-state index in [2.05, 4.69) is 27.5 Å². The van der Waals surface area contributed by atoms with Gasteiger partial charge in [0.15, 0.2) is 0 Å². The van der Waals surface area contributed by atoms with Gasteiger partial charge in [0.05, 0.1) is 6.21 Å². The number of unbranched alkanes of at least 4 members (excludes halogenated alkanes) is 1. The van der Waals surface area contributed by atoms with Crippen LogP contribution in [-0.4, -0.2) is 25.0 Å². The van der Waals surface area contributed by atoms with Gasteiger partial charge < -0.3 is 10.1 Å². The van der Waals surface area contributed by atoms with Crippen molar-refractivity contribution in [3.8, 4) is 5.75 Å². The van der Waals surface area contributed by atoms with Crippen molar-refractivity contribution in [1.82, 2.24) is 5.43 Å². The van der Waals surface area contributed by atoms with Crippen LogP contribution in [0.2, 0.25) is 0 Å². The molecule has 27 heavy (non-hydrogen) atoms. The highest BCUT2D eigenvalue weighted by Crippen LogP contribution is 2.25. The zero-order valence-corrected chi connectivity index (χ0v) is 14.7. The normalized spacial score (nSPS) is 11.4. The molecule has 0 aliphatic rings. The van der Waals surface area contributed by atoms with E-state index in [1.165, 1.54) is 24.3 Å². The molecule has 0 unspecified atom stereocenters. The Bertz CT molecular complexity index is 775. The van der Waals surface area contributed by atoms with Crippen molar-refractivity contribution in [2.45, 2.75) is 26.1 Å². The molecular formula is C19H20F3N3O2. The van der Waals surface area contributed by atoms with E-state index in [-0.39, 0.29) is 5.56 Å². The molecule has 2 aromatic carbocycles. The maximum absolute atomic E-state index is 12.4. The van der Waals surface area contributed by atoms with Gasteiger partial charge in [-0.15, -0.1) is 13.2 Å². The van der Waals surface area contributed by atoms with Gasteiger partial charge in [-0.2, -0.15) is 5.10 Å². The van der Waals surface area contributed by atoms with Crippen LogP contribution in [0.3, 0.4) is 0 Å². The average Bonchev–Trinajstić information content (AvgIpc) is 2.62. The molecular weight excluding hydrogens is 359 g/mol. The Morgan fingerprint density at radius 1 is 1.15 bits per heavy atom. The van der Waals surface area contributed by atoms with Gasteiger partial charge in [-0.1, -0.05) is 25.5 Å². The fourth-order valence-electron chi connectivity index (χ4n) is 2.18. The van der Waals surface area contributed by atoms with Crippen molar-refractivity contribution in [2.75, 3.05) is 11.9 Å². The molecule has 2 N–H and O–H groups in total. The van der Waals surface area contributed by atoms with E-state index < -0.39 is 18.0 Å². The highest BCUT2D eigenvalue weighted by atomic mass is 19.4. The van der Waals surface area contributed by atoms with Crippen molar-refractivity contribution in [1.29, 1.82) is 0 Å². The first kappa shape index (κ1) is 20.3. The van der Waals surface area contributed by atoms with Crippen LogP contribution in [0.5, 0.6) is 5.75 Å². The predicted molar refractivity (Wildman–Crippen MR) is 98.0 cm³/mol. The van der Waals surface area contributed by atoms with Crippen molar-refractivity contribution < 1.29 is 22.7 Å². The van der Waals surface area contributed by atoms with Gasteiger partial charge in [0.1, 0.15) is 5.75 Å². The van der Waals surface area contributed by atoms with Gasteiger partial charge in [0.25, 0.3) is 5.91 Å². The van der Waals surface area contributed by atoms with E-state index in [0.717, 1.165) is 31.3 Å². The smallest absolute Gasteiger partial charge is 0.405 e. The number of rotatable bonds is 8. The van der Waals surface area contributed by atoms with Crippen LogP contribution in [0.15, 0.2) is 53.6 Å². The van der Waals surface area contributed by atoms with Crippen LogP contribution in [0.1, 0.15) is 35.7 Å². The zero-order chi connectivity index (χ0) is 19.7. The third-order valence-corrected chi connectivity index (χ3v) is 3.52. The number of nitrogens with one attached hydrogen (secondary N) is 2. The Labute approximate surface area is 155 Å². The molecule has 0 radical (unpaired) electrons. The molecule has 0 saturated carbocycles. The molecule has 0 aliphatic carbocycles. The largest absolute Gasteiger partial charge is 0.573 e. The van der Waals surface area contributed by atoms with Crippen molar-refractivity contribution in [3.05, 3.63) is 59.7 Å². The highest BCUT2D eigenvalue weighted by Gasteiger charge is 2.31. The third-order valence-electron chi connectivity index (χ3n) is 3.52. The molecule has 5 nitrogen and oxygen atoms in total. The number of carbonyl (C=O) groups excluding carboxylic acids is 1. The lowest BCUT2D eigenvalue weighted by molar-refractivity contribution is -0.274. The van der Waals surface area contributed by atoms with Gasteiger partial charge in [0.2, 0.25) is 0 Å². The average molecular weight is 379 g/mol. The summed E-state index contributed by atoms with van der Waals surface area (Å²) in [4.78, 5) is 12.1. The molecule has 0 aromatic heterocycles. The number of para-hydroxylation sites is 1. The number of hydrazone groups is 1. The highest BCUT2D eigenvalue weighted by molar-refractivity contribution is 5.95. The van der Waals surface area contributed by atoms with Crippen molar-refractivity contribution >= 4 is 17.8 Å². The summed E-state index contributed by atoms with van der Waals surface area (Å²) in [5.74, 6) is -0.869. The van der Waals surface area contributed by atoms with Crippen LogP contribution in [0.4, 0.5) is 18.9 Å². The lowest BCUT2D eigenvalue weighted by Gasteiger charge is -2.10. The number of hydrogen-bond acceptors (Lipinski definition) is 4. The van der Waals surface area contributed by atoms with Crippen molar-refractivity contribution in [3.63, 3.8) is 0 Å². The lowest BCUT2D eigenvalue weighted by atomic mass is 10.2. The summed E-state index contributed by atoms with van der Waals surface area (Å²) < 4.78 is 41.1. The first-order chi connectivity index (χ1) is 12.9. The zero-order valence-electron chi connectivity index (χ0n) is 14.7. The van der Waals surface area contributed by atoms with Crippen LogP contribution >= 0.6 is 0 Å². The molecule has 0 fully saturated rings. The molecule has 144 valence electrons. The molecule has 0 heterocycles. The minimum atomic E-state index is -4.81. The number of amides is 1. The Morgan fingerprint density at radius 2 is 1.85 bits per heavy atom. The topological polar surface area (TPSA) is 62.7 Å². The molecule has 0 atom stereocenters. The van der Waals surface area contributed by atoms with Crippen LogP contribution in [0, 0.1) is 0 Å². The maximum atomic E-state index is 12.4. The molecule has 2 aromatic rings. The summed E-state index contributed by atoms with van der Waals surface area (Å²) in [6, 6.07) is 12.3. The summed E-state index contributed by atoms with van der Waals surface area (Å²) in [6.45, 7) is 2.95. The van der Waals surface area contributed by atoms with Gasteiger partial charge in [0, 0.05) is 23.4 Å². The summed E-state index contributed by atoms with van der Waals surface area (Å²) in [7, 11) is 0. The molecule has 0 aliphatic heterocycles. The Morgan fingerprint density at radius 3 is 2.52 bits per heavy atom. The number of halogens is 3. The van der Waals surface area contributed by atoms with Crippen molar-refractivity contribution in [2.24, 2.45) is 5.10 Å². The Balaban J connectivity index is 1.95. The number of carbonyl (C=O) groups is 1. The second kappa shape index (κ2) is 9.61. The minimum absolute atomic E-state index is 0.0885. The fraction of sp³-hybridized carbons (Fsp3) is 0.263. The molecule has 0 spiro atoms. The first-order valence-corrected chi connectivity index (χ1v) is 8.41. The van der Waals surface area contributed by atoms with Gasteiger partial charge >= 0.3 is 6.36 Å². The molecule has 0 saturated heterocycles. The summed E-state index contributed by atoms with van der Waals surface area (Å²) in [5, 5.41) is 6.94. The molecule has 2 rings (SSSR count). The molecule has 0 bridgehead atoms. The lowest BCUT2D eigenvalue weighted by Crippen LogP contribution is -2.19. The Hall–Kier alpha value is -3.03. The van der Waals surface area contributed by atoms with E-state index in [9.17, 15) is 18.0 Å². The molecule has 8 heteroatoms. The van der Waals surface area contributed by atoms with E-state index in [0.29, 0.717) is 5.56 Å². The van der Waals surface area contributed by atoms with Gasteiger partial charge in [-0.05, 0) is 42.8 Å². The summed E-state index contributed by atoms with van der Waals surface area (Å²) in [6.07, 6.45) is -1.57. The maximum Gasteiger partial charge on any atom is 0.573 e. The summed E-state index contributed by atoms with van der Waals surface area (Å²) in [5.41, 5.74) is 3.66. The minimum Gasteiger partial charge on any atom is -0.405 e. The predicted octanol–water partition coefficient (Wildman–Crippen LogP) is 4.56. The van der Waals surface area contributed by atoms with E-state index in [1.807, 2.05) is 0 Å². The number of benzene rings is 2. The first-order valence-electron chi connectivity index (χ1n) is 8.41. The van der Waals surface area contributed by atoms with E-state index in [4.69, 9.17) is 0 Å². The monoisotopic (exact) mass is 379 g/mol. The summed E-state index contributed by atoms with van der Waals surface area (Å²) >= 11 is 0. The number of hydrogen-bond donors (Lipinski definition) is 2. The molecule has 1 amide bonds. The second-order valence-electron chi connectivity index (χ2n) is 5.64. The van der Waals surface area contributed by atoms with Crippen LogP contribution in [-0.2, 0) is 0 Å². The van der Waals surface area contributed by atoms with E-state index in [1.54, 1.807) is 24.3 Å². The fourth-order valence-corrected chi connectivity index (χ4v) is 2.18. The number of alkyl halides is 3. The van der Waals surface area contributed by atoms with Crippen LogP contribution < -0.4 is 15.5 Å². The quantitative estimate of drug-likeness (QED) is 0.401. The standard InChI is InChI=1S/C19H20F3N3O2/c1-2-3-12-23-16-10-8-14(9-11-16)18(26)25-24-13-15-6-4-5-7-17(15)27-19(20,21)22/h4-11,13,23H,2-3,12H2,1H3,(H,25,26)/b24-13+.